The van der Waals surface area contributed by atoms with Crippen LogP contribution >= 0.6 is 22.7 Å². The van der Waals surface area contributed by atoms with E-state index in [-0.39, 0.29) is 49.0 Å². The van der Waals surface area contributed by atoms with E-state index in [1.54, 1.807) is 70.0 Å². The minimum atomic E-state index is -1.01. The fourth-order valence-corrected chi connectivity index (χ4v) is 14.1. The number of rotatable bonds is 19. The number of amides is 7. The van der Waals surface area contributed by atoms with Gasteiger partial charge in [0.25, 0.3) is 0 Å². The number of thiophene rings is 2. The highest BCUT2D eigenvalue weighted by atomic mass is 32.1. The molecule has 8 heterocycles. The Balaban J connectivity index is 0.000000195. The number of benzene rings is 4. The van der Waals surface area contributed by atoms with Gasteiger partial charge < -0.3 is 60.3 Å². The van der Waals surface area contributed by atoms with Crippen LogP contribution in [0.5, 0.6) is 0 Å². The second-order valence-corrected chi connectivity index (χ2v) is 26.3. The van der Waals surface area contributed by atoms with Gasteiger partial charge in [0.15, 0.2) is 0 Å². The minimum Gasteiger partial charge on any atom is -0.444 e. The topological polar surface area (TPSA) is 234 Å². The smallest absolute Gasteiger partial charge is 0.408 e. The van der Waals surface area contributed by atoms with E-state index in [4.69, 9.17) is 15.6 Å². The number of aliphatic hydroxyl groups excluding tert-OH is 1. The van der Waals surface area contributed by atoms with E-state index in [9.17, 15) is 33.6 Å². The number of carbonyl (C=O) groups excluding carboxylic acids is 7. The van der Waals surface area contributed by atoms with Gasteiger partial charge in [-0.1, -0.05) is 74.5 Å². The lowest BCUT2D eigenvalue weighted by atomic mass is 9.94. The Morgan fingerprint density at radius 2 is 1.09 bits per heavy atom. The number of nitrogens with one attached hydrogen (secondary N) is 3. The number of aryl methyl sites for hydroxylation is 2. The largest absolute Gasteiger partial charge is 0.444 e. The third-order valence-electron chi connectivity index (χ3n) is 16.8. The van der Waals surface area contributed by atoms with Crippen molar-refractivity contribution in [2.45, 2.75) is 162 Å². The SMILES string of the molecule is CCCn1cc(C[C@@H](N)C(=O)NC2Cc3cccc(N4CCCC4=O)c3N(Cc3ccsc3)C2=O)c2ccccc21.CCCn1cc(C[C@@H](NC(=O)OC(C)(C)C)C(=O)NC2Cc3cccc(N4CCCC4=O)c3N(Cc3ccsc3)C2=O)c2ccccc21.CCO. The molecular weight excluding hydrogens is 1200 g/mol. The number of aromatic nitrogens is 2. The summed E-state index contributed by atoms with van der Waals surface area (Å²) in [4.78, 5) is 101. The van der Waals surface area contributed by atoms with Gasteiger partial charge >= 0.3 is 6.09 Å². The number of carbonyl (C=O) groups is 7. The first-order chi connectivity index (χ1) is 44.4. The molecule has 4 aliphatic rings. The first-order valence-electron chi connectivity index (χ1n) is 32.0. The van der Waals surface area contributed by atoms with Gasteiger partial charge in [0.1, 0.15) is 23.7 Å². The number of nitrogens with zero attached hydrogens (tertiary/aromatic N) is 6. The first-order valence-corrected chi connectivity index (χ1v) is 33.9. The molecule has 0 radical (unpaired) electrons. The summed E-state index contributed by atoms with van der Waals surface area (Å²) in [6, 6.07) is 28.3. The fourth-order valence-electron chi connectivity index (χ4n) is 12.8. The molecule has 2 unspecified atom stereocenters. The predicted octanol–water partition coefficient (Wildman–Crippen LogP) is 10.3. The van der Waals surface area contributed by atoms with Crippen molar-refractivity contribution in [3.05, 3.63) is 164 Å². The summed E-state index contributed by atoms with van der Waals surface area (Å²) in [5.41, 5.74) is 16.5. The third-order valence-corrected chi connectivity index (χ3v) is 18.3. The Morgan fingerprint density at radius 1 is 0.630 bits per heavy atom. The number of nitrogens with two attached hydrogens (primary N) is 1. The molecule has 19 nitrogen and oxygen atoms in total. The molecule has 0 aliphatic carbocycles. The molecule has 2 fully saturated rings. The molecule has 21 heteroatoms. The first kappa shape index (κ1) is 66.3. The van der Waals surface area contributed by atoms with E-state index in [1.165, 1.54) is 0 Å². The number of aliphatic hydroxyl groups is 1. The zero-order chi connectivity index (χ0) is 65.2. The van der Waals surface area contributed by atoms with Crippen LogP contribution in [0, 0.1) is 0 Å². The summed E-state index contributed by atoms with van der Waals surface area (Å²) in [7, 11) is 0. The number of hydrogen-bond donors (Lipinski definition) is 5. The molecule has 4 aromatic carbocycles. The van der Waals surface area contributed by atoms with E-state index in [1.807, 2.05) is 107 Å². The van der Waals surface area contributed by atoms with Crippen LogP contribution in [0.2, 0.25) is 0 Å². The van der Waals surface area contributed by atoms with Crippen LogP contribution in [0.1, 0.15) is 113 Å². The molecule has 0 bridgehead atoms. The lowest BCUT2D eigenvalue weighted by Gasteiger charge is -2.37. The second kappa shape index (κ2) is 29.8. The Hall–Kier alpha value is -8.63. The van der Waals surface area contributed by atoms with E-state index in [2.05, 4.69) is 63.3 Å². The van der Waals surface area contributed by atoms with Crippen molar-refractivity contribution in [2.75, 3.05) is 39.3 Å². The number of fused-ring (bicyclic) bond motifs is 4. The molecule has 4 aromatic heterocycles. The van der Waals surface area contributed by atoms with Crippen LogP contribution in [-0.2, 0) is 85.4 Å². The summed E-state index contributed by atoms with van der Waals surface area (Å²) < 4.78 is 9.93. The van der Waals surface area contributed by atoms with E-state index < -0.39 is 41.8 Å². The summed E-state index contributed by atoms with van der Waals surface area (Å²) >= 11 is 3.12. The summed E-state index contributed by atoms with van der Waals surface area (Å²) in [6.07, 6.45) is 9.11. The Kier molecular flexibility index (Phi) is 21.4. The van der Waals surface area contributed by atoms with Crippen molar-refractivity contribution < 1.29 is 43.4 Å². The molecular formula is C71H84N10O9S2. The van der Waals surface area contributed by atoms with Gasteiger partial charge in [-0.3, -0.25) is 28.8 Å². The van der Waals surface area contributed by atoms with E-state index in [0.29, 0.717) is 57.5 Å². The molecule has 92 heavy (non-hydrogen) atoms. The van der Waals surface area contributed by atoms with Gasteiger partial charge in [-0.25, -0.2) is 4.79 Å². The van der Waals surface area contributed by atoms with E-state index >= 15 is 0 Å². The van der Waals surface area contributed by atoms with Crippen molar-refractivity contribution in [3.63, 3.8) is 0 Å². The van der Waals surface area contributed by atoms with Crippen LogP contribution in [-0.4, -0.2) is 105 Å². The molecule has 484 valence electrons. The van der Waals surface area contributed by atoms with Crippen LogP contribution in [0.25, 0.3) is 21.8 Å². The number of ether oxygens (including phenoxy) is 1. The highest BCUT2D eigenvalue weighted by Gasteiger charge is 2.41. The molecule has 12 rings (SSSR count). The molecule has 4 atom stereocenters. The summed E-state index contributed by atoms with van der Waals surface area (Å²) in [5, 5.41) is 26.4. The predicted molar refractivity (Wildman–Crippen MR) is 364 cm³/mol. The molecule has 7 amide bonds. The highest BCUT2D eigenvalue weighted by molar-refractivity contribution is 7.08. The van der Waals surface area contributed by atoms with Crippen LogP contribution in [0.4, 0.5) is 27.5 Å². The number of hydrogen-bond acceptors (Lipinski definition) is 12. The molecule has 8 aromatic rings. The molecule has 0 saturated carbocycles. The van der Waals surface area contributed by atoms with Gasteiger partial charge in [-0.2, -0.15) is 22.7 Å². The zero-order valence-electron chi connectivity index (χ0n) is 53.3. The number of alkyl carbamates (subject to hydrolysis) is 1. The molecule has 4 aliphatic heterocycles. The maximum absolute atomic E-state index is 14.3. The Morgan fingerprint density at radius 3 is 1.51 bits per heavy atom. The van der Waals surface area contributed by atoms with Crippen molar-refractivity contribution in [2.24, 2.45) is 5.73 Å². The van der Waals surface area contributed by atoms with Crippen molar-refractivity contribution >= 4 is 109 Å². The van der Waals surface area contributed by atoms with Gasteiger partial charge in [-0.05, 0) is 151 Å². The van der Waals surface area contributed by atoms with Crippen LogP contribution in [0.15, 0.2) is 131 Å². The molecule has 2 saturated heterocycles. The standard InChI is InChI=1S/C37H43N5O5S.C32H35N5O3S.C2H6O/c1-5-16-40-22-26(27-11-6-7-12-30(27)40)20-28(39-36(46)47-37(2,3)4)34(44)38-29-19-25-10-8-13-31(41-17-9-14-32(41)43)33(25)42(35(29)45)21-24-15-18-48-23-24;1-2-13-35-19-23(24-8-3-4-9-27(24)35)16-25(33)31(39)34-26-17-22-7-5-10-28(36-14-6-11-29(36)38)30(22)37(32(26)40)18-21-12-15-41-20-21;1-2-3/h6-8,10-13,15,18,22-23,28-29H,5,9,14,16-17,19-21H2,1-4H3,(H,38,44)(H,39,46);3-5,7-10,12,15,19-20,25-26H,2,6,11,13-14,16-18,33H2,1H3,(H,34,39);3H,2H2,1H3/t28-,29?;25-,26?;/m11./s1. The Bertz CT molecular complexity index is 3940. The maximum Gasteiger partial charge on any atom is 0.408 e. The quantitative estimate of drug-likeness (QED) is 0.0514. The average molecular weight is 1290 g/mol. The lowest BCUT2D eigenvalue weighted by molar-refractivity contribution is -0.129. The maximum atomic E-state index is 14.3. The van der Waals surface area contributed by atoms with Gasteiger partial charge in [0.2, 0.25) is 35.4 Å². The third kappa shape index (κ3) is 15.1. The zero-order valence-corrected chi connectivity index (χ0v) is 55.0. The van der Waals surface area contributed by atoms with Crippen molar-refractivity contribution in [1.82, 2.24) is 25.1 Å². The summed E-state index contributed by atoms with van der Waals surface area (Å²) in [5.74, 6) is -1.17. The second-order valence-electron chi connectivity index (χ2n) is 24.8. The summed E-state index contributed by atoms with van der Waals surface area (Å²) in [6.45, 7) is 15.1. The van der Waals surface area contributed by atoms with Crippen LogP contribution in [0.3, 0.4) is 0 Å². The van der Waals surface area contributed by atoms with Crippen LogP contribution < -0.4 is 41.3 Å². The number of para-hydroxylation sites is 4. The van der Waals surface area contributed by atoms with Crippen molar-refractivity contribution in [3.8, 4) is 0 Å². The monoisotopic (exact) mass is 1280 g/mol. The molecule has 0 spiro atoms. The molecule has 6 N–H and O–H groups in total. The fraction of sp³-hybridized carbons (Fsp3) is 0.394. The van der Waals surface area contributed by atoms with Crippen molar-refractivity contribution in [1.29, 1.82) is 0 Å². The number of anilines is 4. The van der Waals surface area contributed by atoms with Gasteiger partial charge in [0.05, 0.1) is 41.9 Å². The van der Waals surface area contributed by atoms with Gasteiger partial charge in [0, 0.05) is 99.1 Å². The normalized spacial score (nSPS) is 17.0. The minimum absolute atomic E-state index is 0.0399. The average Bonchev–Trinajstić information content (AvgIpc) is 1.78. The lowest BCUT2D eigenvalue weighted by Crippen LogP contribution is -2.57. The Labute approximate surface area is 545 Å². The van der Waals surface area contributed by atoms with E-state index in [0.717, 1.165) is 111 Å². The van der Waals surface area contributed by atoms with Gasteiger partial charge in [-0.15, -0.1) is 0 Å². The highest BCUT2D eigenvalue weighted by Crippen LogP contribution is 2.42.